The third-order valence-corrected chi connectivity index (χ3v) is 8.44. The van der Waals surface area contributed by atoms with Crippen molar-refractivity contribution in [1.29, 1.82) is 0 Å². The quantitative estimate of drug-likeness (QED) is 0.735. The third kappa shape index (κ3) is 2.00. The normalized spacial score (nSPS) is 52.2. The minimum atomic E-state index is -0.217. The summed E-state index contributed by atoms with van der Waals surface area (Å²) in [6, 6.07) is 0. The van der Waals surface area contributed by atoms with Crippen LogP contribution in [0.1, 0.15) is 58.8 Å². The Morgan fingerprint density at radius 2 is 2.04 bits per heavy atom. The van der Waals surface area contributed by atoms with Crippen molar-refractivity contribution in [3.8, 4) is 0 Å². The van der Waals surface area contributed by atoms with Crippen molar-refractivity contribution in [2.45, 2.75) is 64.3 Å². The monoisotopic (exact) mass is 313 g/mol. The van der Waals surface area contributed by atoms with Gasteiger partial charge in [-0.1, -0.05) is 19.9 Å². The van der Waals surface area contributed by atoms with Crippen LogP contribution in [0.3, 0.4) is 0 Å². The lowest BCUT2D eigenvalue weighted by Gasteiger charge is -2.59. The summed E-state index contributed by atoms with van der Waals surface area (Å²) < 4.78 is 0. The highest BCUT2D eigenvalue weighted by Gasteiger charge is 2.60. The smallest absolute Gasteiger partial charge is 0.155 e. The summed E-state index contributed by atoms with van der Waals surface area (Å²) in [6.45, 7) is 9.14. The minimum absolute atomic E-state index is 0.217. The Hall–Kier alpha value is -0.890. The predicted molar refractivity (Wildman–Crippen MR) is 93.8 cm³/mol. The first kappa shape index (κ1) is 15.6. The van der Waals surface area contributed by atoms with Crippen molar-refractivity contribution in [1.82, 2.24) is 0 Å². The molecule has 0 aromatic heterocycles. The van der Waals surface area contributed by atoms with E-state index in [1.54, 1.807) is 0 Å². The lowest BCUT2D eigenvalue weighted by atomic mass is 9.46. The molecule has 0 aliphatic heterocycles. The molecule has 2 nitrogen and oxygen atoms in total. The average Bonchev–Trinajstić information content (AvgIpc) is 2.83. The molecule has 2 N–H and O–H groups in total. The van der Waals surface area contributed by atoms with Crippen LogP contribution in [-0.4, -0.2) is 11.3 Å². The van der Waals surface area contributed by atoms with Gasteiger partial charge >= 0.3 is 0 Å². The fourth-order valence-corrected chi connectivity index (χ4v) is 6.85. The predicted octanol–water partition coefficient (Wildman–Crippen LogP) is 4.26. The van der Waals surface area contributed by atoms with Gasteiger partial charge in [-0.15, -0.1) is 6.58 Å². The molecular formula is C21H31NO. The van der Waals surface area contributed by atoms with Gasteiger partial charge in [0.1, 0.15) is 0 Å². The van der Waals surface area contributed by atoms with E-state index in [4.69, 9.17) is 5.73 Å². The van der Waals surface area contributed by atoms with Gasteiger partial charge in [0, 0.05) is 12.0 Å². The van der Waals surface area contributed by atoms with Crippen molar-refractivity contribution < 1.29 is 4.79 Å². The summed E-state index contributed by atoms with van der Waals surface area (Å²) in [5, 5.41) is 0. The Kier molecular flexibility index (Phi) is 3.43. The highest BCUT2D eigenvalue weighted by molar-refractivity contribution is 5.92. The van der Waals surface area contributed by atoms with Crippen LogP contribution >= 0.6 is 0 Å². The van der Waals surface area contributed by atoms with Gasteiger partial charge in [0.25, 0.3) is 0 Å². The molecule has 4 rings (SSSR count). The SMILES string of the molecule is C=CC1CC2=CC(=O)CCC2(N)C2CCC3(C)C(C)CCC3C12. The number of ketones is 1. The molecule has 3 fully saturated rings. The highest BCUT2D eigenvalue weighted by Crippen LogP contribution is 2.65. The molecule has 0 bridgehead atoms. The molecule has 0 aromatic rings. The van der Waals surface area contributed by atoms with Crippen LogP contribution in [0.4, 0.5) is 0 Å². The maximum atomic E-state index is 11.9. The Morgan fingerprint density at radius 3 is 2.78 bits per heavy atom. The lowest BCUT2D eigenvalue weighted by Crippen LogP contribution is -2.61. The molecule has 7 atom stereocenters. The van der Waals surface area contributed by atoms with Crippen LogP contribution in [0.2, 0.25) is 0 Å². The molecule has 126 valence electrons. The molecule has 4 aliphatic carbocycles. The molecule has 0 saturated heterocycles. The van der Waals surface area contributed by atoms with Gasteiger partial charge in [0.05, 0.1) is 0 Å². The Morgan fingerprint density at radius 1 is 1.26 bits per heavy atom. The zero-order valence-corrected chi connectivity index (χ0v) is 14.7. The van der Waals surface area contributed by atoms with E-state index in [1.807, 2.05) is 6.08 Å². The van der Waals surface area contributed by atoms with Crippen molar-refractivity contribution in [3.05, 3.63) is 24.3 Å². The molecule has 0 radical (unpaired) electrons. The second kappa shape index (κ2) is 5.05. The summed E-state index contributed by atoms with van der Waals surface area (Å²) in [5.74, 6) is 3.62. The first-order valence-corrected chi connectivity index (χ1v) is 9.55. The molecule has 0 amide bonds. The summed E-state index contributed by atoms with van der Waals surface area (Å²) in [4.78, 5) is 11.9. The first-order valence-electron chi connectivity index (χ1n) is 9.55. The molecule has 23 heavy (non-hydrogen) atoms. The Bertz CT molecular complexity index is 578. The number of carbonyl (C=O) groups excluding carboxylic acids is 1. The van der Waals surface area contributed by atoms with Crippen LogP contribution in [0.5, 0.6) is 0 Å². The topological polar surface area (TPSA) is 43.1 Å². The molecule has 0 heterocycles. The van der Waals surface area contributed by atoms with Gasteiger partial charge in [-0.3, -0.25) is 4.79 Å². The zero-order valence-electron chi connectivity index (χ0n) is 14.7. The fourth-order valence-electron chi connectivity index (χ4n) is 6.85. The summed E-state index contributed by atoms with van der Waals surface area (Å²) in [7, 11) is 0. The fraction of sp³-hybridized carbons (Fsp3) is 0.762. The van der Waals surface area contributed by atoms with Crippen molar-refractivity contribution in [3.63, 3.8) is 0 Å². The van der Waals surface area contributed by atoms with Crippen molar-refractivity contribution >= 4 is 5.78 Å². The van der Waals surface area contributed by atoms with Gasteiger partial charge in [-0.2, -0.15) is 0 Å². The molecular weight excluding hydrogens is 282 g/mol. The summed E-state index contributed by atoms with van der Waals surface area (Å²) in [5.41, 5.74) is 8.51. The van der Waals surface area contributed by atoms with E-state index < -0.39 is 0 Å². The minimum Gasteiger partial charge on any atom is -0.321 e. The Labute approximate surface area is 140 Å². The van der Waals surface area contributed by atoms with E-state index in [9.17, 15) is 4.79 Å². The van der Waals surface area contributed by atoms with Gasteiger partial charge in [0.2, 0.25) is 0 Å². The molecule has 2 heteroatoms. The average molecular weight is 313 g/mol. The van der Waals surface area contributed by atoms with Crippen LogP contribution in [0.25, 0.3) is 0 Å². The van der Waals surface area contributed by atoms with Crippen LogP contribution in [0, 0.1) is 35.0 Å². The van der Waals surface area contributed by atoms with Crippen LogP contribution in [-0.2, 0) is 4.79 Å². The van der Waals surface area contributed by atoms with E-state index in [1.165, 1.54) is 31.3 Å². The molecule has 7 unspecified atom stereocenters. The number of carbonyl (C=O) groups is 1. The molecule has 3 saturated carbocycles. The van der Waals surface area contributed by atoms with Gasteiger partial charge in [-0.25, -0.2) is 0 Å². The van der Waals surface area contributed by atoms with Gasteiger partial charge in [0.15, 0.2) is 5.78 Å². The molecule has 4 aliphatic rings. The number of fused-ring (bicyclic) bond motifs is 5. The van der Waals surface area contributed by atoms with E-state index >= 15 is 0 Å². The van der Waals surface area contributed by atoms with Crippen LogP contribution in [0.15, 0.2) is 24.3 Å². The van der Waals surface area contributed by atoms with Crippen molar-refractivity contribution in [2.75, 3.05) is 0 Å². The van der Waals surface area contributed by atoms with E-state index in [0.717, 1.165) is 24.7 Å². The number of hydrogen-bond donors (Lipinski definition) is 1. The number of rotatable bonds is 1. The third-order valence-electron chi connectivity index (χ3n) is 8.44. The highest BCUT2D eigenvalue weighted by atomic mass is 16.1. The van der Waals surface area contributed by atoms with E-state index in [2.05, 4.69) is 26.5 Å². The maximum Gasteiger partial charge on any atom is 0.155 e. The first-order chi connectivity index (χ1) is 10.9. The standard InChI is InChI=1S/C21H31NO/c1-4-14-11-15-12-16(23)7-10-21(15,22)18-8-9-20(3)13(2)5-6-17(20)19(14)18/h4,12-14,17-19H,1,5-11,22H2,2-3H3. The lowest BCUT2D eigenvalue weighted by molar-refractivity contribution is -0.116. The molecule has 0 aromatic carbocycles. The van der Waals surface area contributed by atoms with Crippen molar-refractivity contribution in [2.24, 2.45) is 40.7 Å². The van der Waals surface area contributed by atoms with Gasteiger partial charge < -0.3 is 5.73 Å². The van der Waals surface area contributed by atoms with E-state index in [0.29, 0.717) is 29.6 Å². The van der Waals surface area contributed by atoms with Crippen LogP contribution < -0.4 is 5.73 Å². The molecule has 0 spiro atoms. The maximum absolute atomic E-state index is 11.9. The number of hydrogen-bond acceptors (Lipinski definition) is 2. The zero-order chi connectivity index (χ0) is 16.4. The number of allylic oxidation sites excluding steroid dienone is 1. The second-order valence-electron chi connectivity index (χ2n) is 9.09. The Balaban J connectivity index is 1.77. The summed E-state index contributed by atoms with van der Waals surface area (Å²) in [6.07, 6.45) is 11.8. The van der Waals surface area contributed by atoms with E-state index in [-0.39, 0.29) is 11.3 Å². The second-order valence-corrected chi connectivity index (χ2v) is 9.09. The van der Waals surface area contributed by atoms with Gasteiger partial charge in [-0.05, 0) is 85.2 Å². The largest absolute Gasteiger partial charge is 0.321 e. The summed E-state index contributed by atoms with van der Waals surface area (Å²) >= 11 is 0. The number of nitrogens with two attached hydrogens (primary N) is 1.